The molecule has 4 heteroatoms. The second-order valence-electron chi connectivity index (χ2n) is 3.69. The van der Waals surface area contributed by atoms with Gasteiger partial charge in [-0.25, -0.2) is 4.39 Å². The molecule has 0 atom stereocenters. The Kier molecular flexibility index (Phi) is 4.88. The zero-order valence-corrected chi connectivity index (χ0v) is 12.8. The molecule has 0 aliphatic rings. The molecule has 18 heavy (non-hydrogen) atoms. The standard InChI is InChI=1S/C14H12FIOS/c1-18-13-8-11(16)7-12(14(13)15)17-9-10-5-3-2-4-6-10/h2-8H,9H2,1H3. The van der Waals surface area contributed by atoms with Crippen LogP contribution >= 0.6 is 34.4 Å². The molecule has 0 bridgehead atoms. The topological polar surface area (TPSA) is 9.23 Å². The van der Waals surface area contributed by atoms with E-state index in [2.05, 4.69) is 22.6 Å². The quantitative estimate of drug-likeness (QED) is 0.565. The molecule has 0 aromatic heterocycles. The summed E-state index contributed by atoms with van der Waals surface area (Å²) in [6.07, 6.45) is 1.86. The molecule has 0 N–H and O–H groups in total. The number of hydrogen-bond donors (Lipinski definition) is 0. The van der Waals surface area contributed by atoms with Crippen molar-refractivity contribution in [1.82, 2.24) is 0 Å². The van der Waals surface area contributed by atoms with Crippen molar-refractivity contribution in [3.63, 3.8) is 0 Å². The Morgan fingerprint density at radius 3 is 2.61 bits per heavy atom. The lowest BCUT2D eigenvalue weighted by Crippen LogP contribution is -1.98. The van der Waals surface area contributed by atoms with Crippen LogP contribution < -0.4 is 4.74 Å². The van der Waals surface area contributed by atoms with Gasteiger partial charge in [0.05, 0.1) is 0 Å². The van der Waals surface area contributed by atoms with E-state index in [0.717, 1.165) is 9.13 Å². The zero-order valence-electron chi connectivity index (χ0n) is 9.82. The van der Waals surface area contributed by atoms with Crippen molar-refractivity contribution in [2.24, 2.45) is 0 Å². The lowest BCUT2D eigenvalue weighted by atomic mass is 10.2. The number of hydrogen-bond acceptors (Lipinski definition) is 2. The second-order valence-corrected chi connectivity index (χ2v) is 5.79. The molecule has 0 fully saturated rings. The molecule has 0 radical (unpaired) electrons. The number of rotatable bonds is 4. The van der Waals surface area contributed by atoms with Crippen molar-refractivity contribution in [1.29, 1.82) is 0 Å². The summed E-state index contributed by atoms with van der Waals surface area (Å²) in [5.41, 5.74) is 1.03. The molecular weight excluding hydrogens is 362 g/mol. The molecule has 0 spiro atoms. The highest BCUT2D eigenvalue weighted by Crippen LogP contribution is 2.30. The van der Waals surface area contributed by atoms with Crippen molar-refractivity contribution in [3.8, 4) is 5.75 Å². The number of halogens is 2. The monoisotopic (exact) mass is 374 g/mol. The van der Waals surface area contributed by atoms with Crippen LogP contribution in [0.25, 0.3) is 0 Å². The van der Waals surface area contributed by atoms with E-state index in [4.69, 9.17) is 4.74 Å². The Balaban J connectivity index is 2.17. The molecule has 0 aliphatic heterocycles. The molecule has 0 aliphatic carbocycles. The minimum Gasteiger partial charge on any atom is -0.486 e. The molecular formula is C14H12FIOS. The summed E-state index contributed by atoms with van der Waals surface area (Å²) in [4.78, 5) is 0.616. The fourth-order valence-electron chi connectivity index (χ4n) is 1.53. The van der Waals surface area contributed by atoms with Crippen LogP contribution in [0.3, 0.4) is 0 Å². The summed E-state index contributed by atoms with van der Waals surface area (Å²) in [7, 11) is 0. The van der Waals surface area contributed by atoms with Gasteiger partial charge in [-0.15, -0.1) is 11.8 Å². The van der Waals surface area contributed by atoms with Crippen molar-refractivity contribution >= 4 is 34.4 Å². The largest absolute Gasteiger partial charge is 0.486 e. The normalized spacial score (nSPS) is 10.4. The van der Waals surface area contributed by atoms with Crippen LogP contribution in [0.5, 0.6) is 5.75 Å². The van der Waals surface area contributed by atoms with Gasteiger partial charge in [0.15, 0.2) is 11.6 Å². The van der Waals surface area contributed by atoms with Crippen molar-refractivity contribution in [3.05, 3.63) is 57.4 Å². The predicted octanol–water partition coefficient (Wildman–Crippen LogP) is 4.73. The van der Waals surface area contributed by atoms with E-state index in [-0.39, 0.29) is 5.82 Å². The van der Waals surface area contributed by atoms with Crippen molar-refractivity contribution in [2.75, 3.05) is 6.26 Å². The average Bonchev–Trinajstić information content (AvgIpc) is 2.40. The molecule has 0 saturated heterocycles. The summed E-state index contributed by atoms with van der Waals surface area (Å²) < 4.78 is 20.5. The van der Waals surface area contributed by atoms with Crippen molar-refractivity contribution in [2.45, 2.75) is 11.5 Å². The first-order chi connectivity index (χ1) is 8.70. The van der Waals surface area contributed by atoms with E-state index in [1.54, 1.807) is 6.07 Å². The molecule has 1 nitrogen and oxygen atoms in total. The van der Waals surface area contributed by atoms with Crippen LogP contribution in [0.4, 0.5) is 4.39 Å². The minimum absolute atomic E-state index is 0.279. The molecule has 2 aromatic rings. The number of ether oxygens (including phenoxy) is 1. The third kappa shape index (κ3) is 3.38. The summed E-state index contributed by atoms with van der Waals surface area (Å²) >= 11 is 3.55. The fraction of sp³-hybridized carbons (Fsp3) is 0.143. The molecule has 2 aromatic carbocycles. The first kappa shape index (κ1) is 13.7. The molecule has 94 valence electrons. The van der Waals surface area contributed by atoms with E-state index < -0.39 is 0 Å². The summed E-state index contributed by atoms with van der Waals surface area (Å²) in [5.74, 6) is 0.0361. The molecule has 0 amide bonds. The first-order valence-corrected chi connectivity index (χ1v) is 7.71. The highest BCUT2D eigenvalue weighted by Gasteiger charge is 2.10. The Morgan fingerprint density at radius 1 is 1.22 bits per heavy atom. The van der Waals surface area contributed by atoms with E-state index in [0.29, 0.717) is 17.3 Å². The third-order valence-electron chi connectivity index (χ3n) is 2.43. The summed E-state index contributed by atoms with van der Waals surface area (Å²) in [5, 5.41) is 0. The lowest BCUT2D eigenvalue weighted by Gasteiger charge is -2.10. The van der Waals surface area contributed by atoms with Crippen LogP contribution in [0, 0.1) is 9.39 Å². The predicted molar refractivity (Wildman–Crippen MR) is 81.7 cm³/mol. The molecule has 2 rings (SSSR count). The Bertz CT molecular complexity index is 531. The van der Waals surface area contributed by atoms with Crippen LogP contribution in [0.15, 0.2) is 47.4 Å². The molecule has 0 heterocycles. The van der Waals surface area contributed by atoms with E-state index in [9.17, 15) is 4.39 Å². The van der Waals surface area contributed by atoms with Gasteiger partial charge in [0.1, 0.15) is 6.61 Å². The van der Waals surface area contributed by atoms with Crippen LogP contribution in [0.1, 0.15) is 5.56 Å². The highest BCUT2D eigenvalue weighted by atomic mass is 127. The van der Waals surface area contributed by atoms with Gasteiger partial charge in [0.2, 0.25) is 0 Å². The second kappa shape index (κ2) is 6.43. The van der Waals surface area contributed by atoms with Gasteiger partial charge in [0.25, 0.3) is 0 Å². The maximum Gasteiger partial charge on any atom is 0.178 e. The van der Waals surface area contributed by atoms with Crippen LogP contribution in [-0.2, 0) is 6.61 Å². The third-order valence-corrected chi connectivity index (χ3v) is 3.79. The Morgan fingerprint density at radius 2 is 1.94 bits per heavy atom. The van der Waals surface area contributed by atoms with Crippen LogP contribution in [-0.4, -0.2) is 6.26 Å². The van der Waals surface area contributed by atoms with E-state index in [1.807, 2.05) is 42.7 Å². The fourth-order valence-corrected chi connectivity index (χ4v) is 2.86. The van der Waals surface area contributed by atoms with E-state index in [1.165, 1.54) is 11.8 Å². The maximum atomic E-state index is 14.0. The van der Waals surface area contributed by atoms with Gasteiger partial charge in [-0.1, -0.05) is 30.3 Å². The van der Waals surface area contributed by atoms with E-state index >= 15 is 0 Å². The number of thioether (sulfide) groups is 1. The summed E-state index contributed by atoms with van der Waals surface area (Å²) in [6.45, 7) is 0.381. The van der Waals surface area contributed by atoms with Gasteiger partial charge in [-0.2, -0.15) is 0 Å². The highest BCUT2D eigenvalue weighted by molar-refractivity contribution is 14.1. The minimum atomic E-state index is -0.279. The average molecular weight is 374 g/mol. The Hall–Kier alpha value is -0.750. The lowest BCUT2D eigenvalue weighted by molar-refractivity contribution is 0.287. The van der Waals surface area contributed by atoms with Gasteiger partial charge in [-0.3, -0.25) is 0 Å². The molecule has 0 unspecified atom stereocenters. The van der Waals surface area contributed by atoms with Crippen LogP contribution in [0.2, 0.25) is 0 Å². The zero-order chi connectivity index (χ0) is 13.0. The van der Waals surface area contributed by atoms with Gasteiger partial charge >= 0.3 is 0 Å². The van der Waals surface area contributed by atoms with Crippen molar-refractivity contribution < 1.29 is 9.13 Å². The number of benzene rings is 2. The summed E-state index contributed by atoms with van der Waals surface area (Å²) in [6, 6.07) is 13.3. The smallest absolute Gasteiger partial charge is 0.178 e. The maximum absolute atomic E-state index is 14.0. The first-order valence-electron chi connectivity index (χ1n) is 5.40. The Labute approximate surface area is 124 Å². The van der Waals surface area contributed by atoms with Gasteiger partial charge < -0.3 is 4.74 Å². The molecule has 0 saturated carbocycles. The van der Waals surface area contributed by atoms with Gasteiger partial charge in [0, 0.05) is 8.47 Å². The SMILES string of the molecule is CSc1cc(I)cc(OCc2ccccc2)c1F. The van der Waals surface area contributed by atoms with Gasteiger partial charge in [-0.05, 0) is 46.5 Å².